The van der Waals surface area contributed by atoms with Crippen molar-refractivity contribution in [2.45, 2.75) is 38.5 Å². The van der Waals surface area contributed by atoms with Crippen LogP contribution < -0.4 is 4.72 Å². The molecule has 2 aromatic heterocycles. The fraction of sp³-hybridized carbons (Fsp3) is 0.455. The monoisotopic (exact) mass is 283 g/mol. The zero-order valence-corrected chi connectivity index (χ0v) is 11.9. The van der Waals surface area contributed by atoms with E-state index in [0.29, 0.717) is 17.2 Å². The van der Waals surface area contributed by atoms with E-state index in [1.165, 1.54) is 0 Å². The van der Waals surface area contributed by atoms with Gasteiger partial charge in [-0.2, -0.15) is 10.2 Å². The van der Waals surface area contributed by atoms with Crippen molar-refractivity contribution in [2.75, 3.05) is 4.72 Å². The largest absolute Gasteiger partial charge is 0.281 e. The topological polar surface area (TPSA) is 104 Å². The summed E-state index contributed by atoms with van der Waals surface area (Å²) in [5, 5.41) is 13.3. The van der Waals surface area contributed by atoms with Crippen LogP contribution in [0.2, 0.25) is 0 Å². The van der Waals surface area contributed by atoms with Gasteiger partial charge in [0, 0.05) is 11.8 Å². The Kier molecular flexibility index (Phi) is 3.61. The van der Waals surface area contributed by atoms with Crippen LogP contribution in [0.15, 0.2) is 11.0 Å². The molecule has 0 saturated heterocycles. The highest BCUT2D eigenvalue weighted by molar-refractivity contribution is 7.92. The smallest absolute Gasteiger partial charge is 0.266 e. The van der Waals surface area contributed by atoms with E-state index in [0.717, 1.165) is 18.5 Å². The molecular formula is C11H17N5O2S. The first kappa shape index (κ1) is 13.6. The third kappa shape index (κ3) is 2.78. The summed E-state index contributed by atoms with van der Waals surface area (Å²) >= 11 is 0. The van der Waals surface area contributed by atoms with Crippen LogP contribution in [0.5, 0.6) is 0 Å². The standard InChI is InChI=1S/C11H17N5O2S/c1-4-5-9-6-10(15-14-9)16-19(17,18)11-7(2)12-13-8(11)3/h6H,4-5H2,1-3H3,(H,12,13)(H2,14,15,16). The van der Waals surface area contributed by atoms with E-state index in [4.69, 9.17) is 0 Å². The van der Waals surface area contributed by atoms with Gasteiger partial charge in [0.15, 0.2) is 5.82 Å². The summed E-state index contributed by atoms with van der Waals surface area (Å²) in [6, 6.07) is 1.70. The Hall–Kier alpha value is -1.83. The molecule has 0 aliphatic heterocycles. The SMILES string of the molecule is CCCc1cc(NS(=O)(=O)c2c(C)n[nH]c2C)n[nH]1. The lowest BCUT2D eigenvalue weighted by Gasteiger charge is -2.04. The molecule has 0 aliphatic carbocycles. The van der Waals surface area contributed by atoms with E-state index < -0.39 is 10.0 Å². The molecule has 0 radical (unpaired) electrons. The molecule has 19 heavy (non-hydrogen) atoms. The number of hydrogen-bond acceptors (Lipinski definition) is 4. The third-order valence-corrected chi connectivity index (χ3v) is 4.34. The minimum atomic E-state index is -3.66. The lowest BCUT2D eigenvalue weighted by molar-refractivity contribution is 0.600. The van der Waals surface area contributed by atoms with Crippen molar-refractivity contribution in [3.05, 3.63) is 23.1 Å². The van der Waals surface area contributed by atoms with Crippen molar-refractivity contribution in [2.24, 2.45) is 0 Å². The average molecular weight is 283 g/mol. The lowest BCUT2D eigenvalue weighted by Crippen LogP contribution is -2.14. The minimum Gasteiger partial charge on any atom is -0.281 e. The number of aromatic nitrogens is 4. The van der Waals surface area contributed by atoms with Gasteiger partial charge in [0.05, 0.1) is 11.4 Å². The number of anilines is 1. The maximum absolute atomic E-state index is 12.2. The second-order valence-corrected chi connectivity index (χ2v) is 6.02. The highest BCUT2D eigenvalue weighted by atomic mass is 32.2. The van der Waals surface area contributed by atoms with Gasteiger partial charge in [0.1, 0.15) is 4.90 Å². The molecule has 2 aromatic rings. The van der Waals surface area contributed by atoms with Crippen LogP contribution in [-0.2, 0) is 16.4 Å². The Morgan fingerprint density at radius 1 is 1.26 bits per heavy atom. The molecule has 0 aromatic carbocycles. The Morgan fingerprint density at radius 2 is 2.00 bits per heavy atom. The van der Waals surface area contributed by atoms with Crippen LogP contribution in [0.25, 0.3) is 0 Å². The summed E-state index contributed by atoms with van der Waals surface area (Å²) in [7, 11) is -3.66. The molecular weight excluding hydrogens is 266 g/mol. The highest BCUT2D eigenvalue weighted by Crippen LogP contribution is 2.20. The lowest BCUT2D eigenvalue weighted by atomic mass is 10.2. The molecule has 0 atom stereocenters. The van der Waals surface area contributed by atoms with E-state index in [-0.39, 0.29) is 4.90 Å². The van der Waals surface area contributed by atoms with Gasteiger partial charge in [-0.25, -0.2) is 8.42 Å². The third-order valence-electron chi connectivity index (χ3n) is 2.72. The number of hydrogen-bond donors (Lipinski definition) is 3. The van der Waals surface area contributed by atoms with E-state index in [9.17, 15) is 8.42 Å². The fourth-order valence-corrected chi connectivity index (χ4v) is 3.30. The van der Waals surface area contributed by atoms with Crippen LogP contribution in [0.3, 0.4) is 0 Å². The van der Waals surface area contributed by atoms with Crippen molar-refractivity contribution in [3.8, 4) is 0 Å². The van der Waals surface area contributed by atoms with E-state index in [1.807, 2.05) is 6.92 Å². The zero-order valence-electron chi connectivity index (χ0n) is 11.1. The van der Waals surface area contributed by atoms with Crippen LogP contribution in [0.4, 0.5) is 5.82 Å². The van der Waals surface area contributed by atoms with Gasteiger partial charge in [-0.1, -0.05) is 13.3 Å². The minimum absolute atomic E-state index is 0.174. The van der Waals surface area contributed by atoms with Crippen molar-refractivity contribution in [1.29, 1.82) is 0 Å². The molecule has 0 spiro atoms. The van der Waals surface area contributed by atoms with Crippen LogP contribution in [0.1, 0.15) is 30.4 Å². The van der Waals surface area contributed by atoms with Gasteiger partial charge in [-0.15, -0.1) is 0 Å². The number of aromatic amines is 2. The first-order valence-corrected chi connectivity index (χ1v) is 7.51. The number of H-pyrrole nitrogens is 2. The summed E-state index contributed by atoms with van der Waals surface area (Å²) in [5.74, 6) is 0.295. The van der Waals surface area contributed by atoms with Gasteiger partial charge in [-0.3, -0.25) is 14.9 Å². The molecule has 7 nitrogen and oxygen atoms in total. The Balaban J connectivity index is 2.26. The molecule has 2 rings (SSSR count). The van der Waals surface area contributed by atoms with Gasteiger partial charge in [-0.05, 0) is 20.3 Å². The van der Waals surface area contributed by atoms with Crippen LogP contribution in [0, 0.1) is 13.8 Å². The number of nitrogens with zero attached hydrogens (tertiary/aromatic N) is 2. The summed E-state index contributed by atoms with van der Waals surface area (Å²) in [5.41, 5.74) is 1.85. The fourth-order valence-electron chi connectivity index (χ4n) is 1.94. The molecule has 0 unspecified atom stereocenters. The van der Waals surface area contributed by atoms with Crippen molar-refractivity contribution < 1.29 is 8.42 Å². The Labute approximate surface area is 111 Å². The molecule has 0 aliphatic rings. The van der Waals surface area contributed by atoms with Crippen molar-refractivity contribution >= 4 is 15.8 Å². The Morgan fingerprint density at radius 3 is 2.58 bits per heavy atom. The first-order valence-electron chi connectivity index (χ1n) is 6.02. The molecule has 0 bridgehead atoms. The van der Waals surface area contributed by atoms with Crippen LogP contribution >= 0.6 is 0 Å². The van der Waals surface area contributed by atoms with E-state index in [1.54, 1.807) is 19.9 Å². The first-order chi connectivity index (χ1) is 8.94. The molecule has 0 saturated carbocycles. The molecule has 104 valence electrons. The normalized spacial score (nSPS) is 11.7. The second-order valence-electron chi connectivity index (χ2n) is 4.40. The number of aryl methyl sites for hydroxylation is 3. The van der Waals surface area contributed by atoms with Crippen molar-refractivity contribution in [3.63, 3.8) is 0 Å². The predicted octanol–water partition coefficient (Wildman–Crippen LogP) is 1.50. The van der Waals surface area contributed by atoms with Gasteiger partial charge in [0.25, 0.3) is 10.0 Å². The maximum Gasteiger partial charge on any atom is 0.266 e. The second kappa shape index (κ2) is 5.04. The van der Waals surface area contributed by atoms with E-state index >= 15 is 0 Å². The van der Waals surface area contributed by atoms with Crippen LogP contribution in [-0.4, -0.2) is 28.8 Å². The van der Waals surface area contributed by atoms with Gasteiger partial charge >= 0.3 is 0 Å². The quantitative estimate of drug-likeness (QED) is 0.773. The molecule has 0 fully saturated rings. The maximum atomic E-state index is 12.2. The summed E-state index contributed by atoms with van der Waals surface area (Å²) in [6.07, 6.45) is 1.80. The molecule has 2 heterocycles. The summed E-state index contributed by atoms with van der Waals surface area (Å²) in [6.45, 7) is 5.36. The highest BCUT2D eigenvalue weighted by Gasteiger charge is 2.23. The Bertz CT molecular complexity index is 652. The molecule has 3 N–H and O–H groups in total. The number of nitrogens with one attached hydrogen (secondary N) is 3. The zero-order chi connectivity index (χ0) is 14.0. The summed E-state index contributed by atoms with van der Waals surface area (Å²) < 4.78 is 26.9. The predicted molar refractivity (Wildman–Crippen MR) is 71.5 cm³/mol. The molecule has 0 amide bonds. The molecule has 8 heteroatoms. The summed E-state index contributed by atoms with van der Waals surface area (Å²) in [4.78, 5) is 0.174. The van der Waals surface area contributed by atoms with Crippen molar-refractivity contribution in [1.82, 2.24) is 20.4 Å². The van der Waals surface area contributed by atoms with E-state index in [2.05, 4.69) is 25.1 Å². The number of rotatable bonds is 5. The number of sulfonamides is 1. The average Bonchev–Trinajstić information content (AvgIpc) is 2.86. The van der Waals surface area contributed by atoms with Gasteiger partial charge in [0.2, 0.25) is 0 Å². The van der Waals surface area contributed by atoms with Gasteiger partial charge < -0.3 is 0 Å².